The molecule has 3 aromatic rings. The van der Waals surface area contributed by atoms with Gasteiger partial charge in [0.2, 0.25) is 0 Å². The highest BCUT2D eigenvalue weighted by Gasteiger charge is 2.24. The topological polar surface area (TPSA) is 70.6 Å². The van der Waals surface area contributed by atoms with Gasteiger partial charge in [-0.1, -0.05) is 0 Å². The van der Waals surface area contributed by atoms with Crippen molar-refractivity contribution in [2.24, 2.45) is 0 Å². The van der Waals surface area contributed by atoms with Gasteiger partial charge in [0.15, 0.2) is 5.82 Å². The standard InChI is InChI=1S/C18H22N6S/c1-12-7-19-18(21-12)17-6-16(22-13(2)23-17)14-4-3-5-24(8-14)9-15-10-25-11-20-15/h6-7,10-11,14H,3-5,8-9H2,1-2H3,(H,19,21)/t14-/m1/s1. The molecule has 0 amide bonds. The molecule has 4 rings (SSSR count). The van der Waals surface area contributed by atoms with E-state index in [1.54, 1.807) is 11.3 Å². The Bertz CT molecular complexity index is 841. The zero-order chi connectivity index (χ0) is 17.2. The Balaban J connectivity index is 1.55. The monoisotopic (exact) mass is 354 g/mol. The number of rotatable bonds is 4. The van der Waals surface area contributed by atoms with Crippen LogP contribution in [0.5, 0.6) is 0 Å². The number of hydrogen-bond donors (Lipinski definition) is 1. The van der Waals surface area contributed by atoms with Crippen molar-refractivity contribution in [3.63, 3.8) is 0 Å². The summed E-state index contributed by atoms with van der Waals surface area (Å²) in [5.74, 6) is 2.06. The van der Waals surface area contributed by atoms with Gasteiger partial charge >= 0.3 is 0 Å². The third-order valence-electron chi connectivity index (χ3n) is 4.60. The fourth-order valence-corrected chi connectivity index (χ4v) is 4.00. The molecule has 130 valence electrons. The van der Waals surface area contributed by atoms with E-state index in [-0.39, 0.29) is 0 Å². The SMILES string of the molecule is Cc1nc(-c2ncc(C)[nH]2)cc([C@@H]2CCCN(Cc3cscn3)C2)n1. The van der Waals surface area contributed by atoms with Crippen LogP contribution in [0.4, 0.5) is 0 Å². The largest absolute Gasteiger partial charge is 0.341 e. The Morgan fingerprint density at radius 2 is 2.20 bits per heavy atom. The number of imidazole rings is 1. The minimum atomic E-state index is 0.434. The first-order chi connectivity index (χ1) is 12.2. The molecule has 1 fully saturated rings. The van der Waals surface area contributed by atoms with E-state index in [1.807, 2.05) is 25.6 Å². The fraction of sp³-hybridized carbons (Fsp3) is 0.444. The van der Waals surface area contributed by atoms with Gasteiger partial charge < -0.3 is 4.98 Å². The second-order valence-corrected chi connectivity index (χ2v) is 7.41. The average Bonchev–Trinajstić information content (AvgIpc) is 3.26. The highest BCUT2D eigenvalue weighted by atomic mass is 32.1. The summed E-state index contributed by atoms with van der Waals surface area (Å²) in [4.78, 5) is 23.9. The molecule has 25 heavy (non-hydrogen) atoms. The van der Waals surface area contributed by atoms with Crippen LogP contribution < -0.4 is 0 Å². The lowest BCUT2D eigenvalue weighted by molar-refractivity contribution is 0.196. The summed E-state index contributed by atoms with van der Waals surface area (Å²) < 4.78 is 0. The van der Waals surface area contributed by atoms with Gasteiger partial charge in [-0.2, -0.15) is 0 Å². The van der Waals surface area contributed by atoms with Crippen LogP contribution >= 0.6 is 11.3 Å². The molecule has 0 aliphatic carbocycles. The maximum absolute atomic E-state index is 4.73. The molecule has 0 aromatic carbocycles. The Morgan fingerprint density at radius 3 is 2.96 bits per heavy atom. The molecule has 0 saturated carbocycles. The van der Waals surface area contributed by atoms with E-state index < -0.39 is 0 Å². The minimum Gasteiger partial charge on any atom is -0.341 e. The summed E-state index contributed by atoms with van der Waals surface area (Å²) in [6, 6.07) is 2.10. The molecule has 0 bridgehead atoms. The molecule has 1 saturated heterocycles. The number of aromatic nitrogens is 5. The maximum Gasteiger partial charge on any atom is 0.156 e. The number of likely N-dealkylation sites (tertiary alicyclic amines) is 1. The van der Waals surface area contributed by atoms with Crippen LogP contribution in [0.1, 0.15) is 41.7 Å². The molecular formula is C18H22N6S. The number of hydrogen-bond acceptors (Lipinski definition) is 6. The maximum atomic E-state index is 4.73. The highest BCUT2D eigenvalue weighted by molar-refractivity contribution is 7.07. The van der Waals surface area contributed by atoms with Crippen molar-refractivity contribution in [2.45, 2.75) is 39.2 Å². The molecule has 1 aliphatic heterocycles. The molecule has 0 radical (unpaired) electrons. The summed E-state index contributed by atoms with van der Waals surface area (Å²) in [7, 11) is 0. The second kappa shape index (κ2) is 7.01. The molecule has 7 heteroatoms. The lowest BCUT2D eigenvalue weighted by atomic mass is 9.94. The van der Waals surface area contributed by atoms with Crippen molar-refractivity contribution in [2.75, 3.05) is 13.1 Å². The summed E-state index contributed by atoms with van der Waals surface area (Å²) in [5.41, 5.74) is 6.12. The average molecular weight is 354 g/mol. The van der Waals surface area contributed by atoms with Gasteiger partial charge in [0, 0.05) is 42.0 Å². The zero-order valence-corrected chi connectivity index (χ0v) is 15.4. The number of aryl methyl sites for hydroxylation is 2. The van der Waals surface area contributed by atoms with Gasteiger partial charge in [-0.25, -0.2) is 19.9 Å². The highest BCUT2D eigenvalue weighted by Crippen LogP contribution is 2.28. The Labute approximate surface area is 151 Å². The molecule has 1 atom stereocenters. The van der Waals surface area contributed by atoms with Crippen LogP contribution in [0.2, 0.25) is 0 Å². The first-order valence-electron chi connectivity index (χ1n) is 8.64. The van der Waals surface area contributed by atoms with Gasteiger partial charge in [0.05, 0.1) is 11.2 Å². The molecule has 4 heterocycles. The van der Waals surface area contributed by atoms with Crippen LogP contribution in [0.15, 0.2) is 23.2 Å². The van der Waals surface area contributed by atoms with Crippen LogP contribution in [0, 0.1) is 13.8 Å². The lowest BCUT2D eigenvalue weighted by Crippen LogP contribution is -2.34. The first-order valence-corrected chi connectivity index (χ1v) is 9.58. The first kappa shape index (κ1) is 16.4. The number of nitrogens with zero attached hydrogens (tertiary/aromatic N) is 5. The number of aromatic amines is 1. The van der Waals surface area contributed by atoms with E-state index in [1.165, 1.54) is 12.8 Å². The van der Waals surface area contributed by atoms with E-state index in [4.69, 9.17) is 4.98 Å². The molecule has 6 nitrogen and oxygen atoms in total. The second-order valence-electron chi connectivity index (χ2n) is 6.69. The molecular weight excluding hydrogens is 332 g/mol. The van der Waals surface area contributed by atoms with E-state index in [0.29, 0.717) is 5.92 Å². The normalized spacial score (nSPS) is 18.6. The molecule has 1 aliphatic rings. The zero-order valence-electron chi connectivity index (χ0n) is 14.6. The van der Waals surface area contributed by atoms with E-state index in [9.17, 15) is 0 Å². The molecule has 0 spiro atoms. The third-order valence-corrected chi connectivity index (χ3v) is 5.23. The van der Waals surface area contributed by atoms with E-state index in [2.05, 4.69) is 36.3 Å². The van der Waals surface area contributed by atoms with Crippen molar-refractivity contribution >= 4 is 11.3 Å². The van der Waals surface area contributed by atoms with Gasteiger partial charge in [0.25, 0.3) is 0 Å². The number of piperidine rings is 1. The van der Waals surface area contributed by atoms with Crippen molar-refractivity contribution in [3.05, 3.63) is 46.1 Å². The van der Waals surface area contributed by atoms with Gasteiger partial charge in [-0.05, 0) is 39.3 Å². The Hall–Kier alpha value is -2.12. The van der Waals surface area contributed by atoms with Crippen LogP contribution in [0.25, 0.3) is 11.5 Å². The number of nitrogens with one attached hydrogen (secondary N) is 1. The van der Waals surface area contributed by atoms with Crippen LogP contribution in [-0.2, 0) is 6.54 Å². The van der Waals surface area contributed by atoms with Crippen molar-refractivity contribution in [1.29, 1.82) is 0 Å². The number of thiazole rings is 1. The lowest BCUT2D eigenvalue weighted by Gasteiger charge is -2.32. The Morgan fingerprint density at radius 1 is 1.28 bits per heavy atom. The summed E-state index contributed by atoms with van der Waals surface area (Å²) in [6.45, 7) is 7.03. The Kier molecular flexibility index (Phi) is 4.59. The predicted octanol–water partition coefficient (Wildman–Crippen LogP) is 3.32. The van der Waals surface area contributed by atoms with Gasteiger partial charge in [-0.15, -0.1) is 11.3 Å². The van der Waals surface area contributed by atoms with Crippen LogP contribution in [-0.4, -0.2) is 42.9 Å². The summed E-state index contributed by atoms with van der Waals surface area (Å²) in [5, 5.41) is 2.13. The van der Waals surface area contributed by atoms with E-state index >= 15 is 0 Å². The quantitative estimate of drug-likeness (QED) is 0.778. The summed E-state index contributed by atoms with van der Waals surface area (Å²) in [6.07, 6.45) is 4.19. The summed E-state index contributed by atoms with van der Waals surface area (Å²) >= 11 is 1.66. The van der Waals surface area contributed by atoms with Crippen molar-refractivity contribution in [3.8, 4) is 11.5 Å². The molecule has 0 unspecified atom stereocenters. The van der Waals surface area contributed by atoms with Gasteiger partial charge in [0.1, 0.15) is 11.5 Å². The minimum absolute atomic E-state index is 0.434. The van der Waals surface area contributed by atoms with Crippen LogP contribution in [0.3, 0.4) is 0 Å². The fourth-order valence-electron chi connectivity index (χ4n) is 3.45. The van der Waals surface area contributed by atoms with Crippen molar-refractivity contribution < 1.29 is 0 Å². The van der Waals surface area contributed by atoms with Crippen molar-refractivity contribution in [1.82, 2.24) is 29.8 Å². The predicted molar refractivity (Wildman–Crippen MR) is 98.5 cm³/mol. The molecule has 3 aromatic heterocycles. The van der Waals surface area contributed by atoms with E-state index in [0.717, 1.165) is 54.1 Å². The van der Waals surface area contributed by atoms with Gasteiger partial charge in [-0.3, -0.25) is 4.90 Å². The smallest absolute Gasteiger partial charge is 0.156 e. The third kappa shape index (κ3) is 3.77. The molecule has 1 N–H and O–H groups in total. The number of H-pyrrole nitrogens is 1.